The second-order valence-electron chi connectivity index (χ2n) is 5.19. The van der Waals surface area contributed by atoms with Gasteiger partial charge in [-0.05, 0) is 41.5 Å². The molecule has 0 bridgehead atoms. The number of carbonyl (C=O) groups is 1. The van der Waals surface area contributed by atoms with Crippen molar-refractivity contribution in [3.8, 4) is 5.75 Å². The fourth-order valence-corrected chi connectivity index (χ4v) is 2.30. The number of rotatable bonds is 5. The molecule has 0 atom stereocenters. The van der Waals surface area contributed by atoms with Gasteiger partial charge in [0.25, 0.3) is 0 Å². The quantitative estimate of drug-likeness (QED) is 0.782. The van der Waals surface area contributed by atoms with Crippen LogP contribution in [0.2, 0.25) is 0 Å². The van der Waals surface area contributed by atoms with Gasteiger partial charge in [-0.25, -0.2) is 4.39 Å². The van der Waals surface area contributed by atoms with E-state index in [1.807, 2.05) is 6.07 Å². The maximum atomic E-state index is 13.1. The highest BCUT2D eigenvalue weighted by molar-refractivity contribution is 5.81. The molecule has 0 fully saturated rings. The van der Waals surface area contributed by atoms with Crippen molar-refractivity contribution in [3.63, 3.8) is 0 Å². The highest BCUT2D eigenvalue weighted by atomic mass is 19.1. The van der Waals surface area contributed by atoms with Gasteiger partial charge in [-0.1, -0.05) is 12.1 Å². The largest absolute Gasteiger partial charge is 0.489 e. The standard InChI is InChI=1S/C18H14FNO3/c19-15-3-1-2-12(7-15)11-23-16-5-4-14-6-13(8-18(21)22)10-20-17(14)9-16/h1-7,9-10H,8,11H2,(H,21,22). The van der Waals surface area contributed by atoms with E-state index < -0.39 is 5.97 Å². The molecule has 23 heavy (non-hydrogen) atoms. The number of ether oxygens (including phenoxy) is 1. The molecule has 1 heterocycles. The van der Waals surface area contributed by atoms with E-state index in [0.29, 0.717) is 11.3 Å². The average molecular weight is 311 g/mol. The van der Waals surface area contributed by atoms with E-state index in [2.05, 4.69) is 4.98 Å². The summed E-state index contributed by atoms with van der Waals surface area (Å²) in [7, 11) is 0. The first kappa shape index (κ1) is 15.0. The number of hydrogen-bond acceptors (Lipinski definition) is 3. The molecule has 1 N–H and O–H groups in total. The van der Waals surface area contributed by atoms with E-state index in [0.717, 1.165) is 16.5 Å². The summed E-state index contributed by atoms with van der Waals surface area (Å²) < 4.78 is 18.8. The fraction of sp³-hybridized carbons (Fsp3) is 0.111. The van der Waals surface area contributed by atoms with Gasteiger partial charge in [0, 0.05) is 17.6 Å². The smallest absolute Gasteiger partial charge is 0.307 e. The van der Waals surface area contributed by atoms with Crippen LogP contribution in [0.1, 0.15) is 11.1 Å². The van der Waals surface area contributed by atoms with E-state index in [9.17, 15) is 9.18 Å². The molecule has 0 radical (unpaired) electrons. The summed E-state index contributed by atoms with van der Waals surface area (Å²) in [6.45, 7) is 0.264. The van der Waals surface area contributed by atoms with Crippen molar-refractivity contribution in [1.82, 2.24) is 4.98 Å². The first-order chi connectivity index (χ1) is 11.1. The minimum absolute atomic E-state index is 0.0548. The van der Waals surface area contributed by atoms with E-state index in [1.165, 1.54) is 12.1 Å². The van der Waals surface area contributed by atoms with Gasteiger partial charge in [0.05, 0.1) is 11.9 Å². The molecule has 2 aromatic carbocycles. The van der Waals surface area contributed by atoms with Gasteiger partial charge in [0.1, 0.15) is 18.2 Å². The SMILES string of the molecule is O=C(O)Cc1cnc2cc(OCc3cccc(F)c3)ccc2c1. The summed E-state index contributed by atoms with van der Waals surface area (Å²) in [5.41, 5.74) is 2.11. The minimum atomic E-state index is -0.888. The Labute approximate surface area is 132 Å². The van der Waals surface area contributed by atoms with Crippen LogP contribution in [-0.4, -0.2) is 16.1 Å². The molecule has 0 aliphatic heterocycles. The zero-order valence-electron chi connectivity index (χ0n) is 12.2. The summed E-state index contributed by atoms with van der Waals surface area (Å²) in [5, 5.41) is 9.66. The molecule has 4 nitrogen and oxygen atoms in total. The Hall–Kier alpha value is -2.95. The fourth-order valence-electron chi connectivity index (χ4n) is 2.30. The molecule has 0 saturated carbocycles. The highest BCUT2D eigenvalue weighted by Crippen LogP contribution is 2.21. The topological polar surface area (TPSA) is 59.4 Å². The number of carboxylic acid groups (broad SMARTS) is 1. The third kappa shape index (κ3) is 3.83. The maximum absolute atomic E-state index is 13.1. The number of benzene rings is 2. The number of hydrogen-bond donors (Lipinski definition) is 1. The van der Waals surface area contributed by atoms with Crippen LogP contribution in [0.4, 0.5) is 4.39 Å². The van der Waals surface area contributed by atoms with Gasteiger partial charge < -0.3 is 9.84 Å². The predicted octanol–water partition coefficient (Wildman–Crippen LogP) is 3.58. The van der Waals surface area contributed by atoms with Gasteiger partial charge in [-0.15, -0.1) is 0 Å². The Balaban J connectivity index is 1.76. The van der Waals surface area contributed by atoms with Crippen molar-refractivity contribution in [2.24, 2.45) is 0 Å². The van der Waals surface area contributed by atoms with Crippen LogP contribution in [0.5, 0.6) is 5.75 Å². The van der Waals surface area contributed by atoms with Crippen molar-refractivity contribution >= 4 is 16.9 Å². The molecule has 0 aliphatic carbocycles. The van der Waals surface area contributed by atoms with Crippen LogP contribution in [0.15, 0.2) is 54.7 Å². The highest BCUT2D eigenvalue weighted by Gasteiger charge is 2.04. The summed E-state index contributed by atoms with van der Waals surface area (Å²) >= 11 is 0. The molecule has 1 aromatic heterocycles. The van der Waals surface area contributed by atoms with Gasteiger partial charge in [-0.3, -0.25) is 9.78 Å². The number of aliphatic carboxylic acids is 1. The molecular weight excluding hydrogens is 297 g/mol. The molecule has 0 aliphatic rings. The number of carboxylic acids is 1. The Morgan fingerprint density at radius 2 is 2.00 bits per heavy atom. The minimum Gasteiger partial charge on any atom is -0.489 e. The number of aromatic nitrogens is 1. The molecule has 116 valence electrons. The van der Waals surface area contributed by atoms with Crippen LogP contribution in [0.3, 0.4) is 0 Å². The number of pyridine rings is 1. The van der Waals surface area contributed by atoms with Crippen LogP contribution >= 0.6 is 0 Å². The van der Waals surface area contributed by atoms with E-state index in [4.69, 9.17) is 9.84 Å². The van der Waals surface area contributed by atoms with Gasteiger partial charge in [0.2, 0.25) is 0 Å². The monoisotopic (exact) mass is 311 g/mol. The normalized spacial score (nSPS) is 10.7. The summed E-state index contributed by atoms with van der Waals surface area (Å²) in [6.07, 6.45) is 1.49. The lowest BCUT2D eigenvalue weighted by Gasteiger charge is -2.08. The van der Waals surface area contributed by atoms with E-state index >= 15 is 0 Å². The predicted molar refractivity (Wildman–Crippen MR) is 83.8 cm³/mol. The van der Waals surface area contributed by atoms with E-state index in [-0.39, 0.29) is 18.8 Å². The van der Waals surface area contributed by atoms with Crippen molar-refractivity contribution in [3.05, 3.63) is 71.7 Å². The molecule has 0 amide bonds. The lowest BCUT2D eigenvalue weighted by Crippen LogP contribution is -2.00. The van der Waals surface area contributed by atoms with Crippen LogP contribution in [0, 0.1) is 5.82 Å². The van der Waals surface area contributed by atoms with Crippen LogP contribution < -0.4 is 4.74 Å². The summed E-state index contributed by atoms with van der Waals surface area (Å²) in [6, 6.07) is 13.4. The lowest BCUT2D eigenvalue weighted by atomic mass is 10.1. The lowest BCUT2D eigenvalue weighted by molar-refractivity contribution is -0.136. The zero-order chi connectivity index (χ0) is 16.2. The average Bonchev–Trinajstić information content (AvgIpc) is 2.52. The zero-order valence-corrected chi connectivity index (χ0v) is 12.2. The van der Waals surface area contributed by atoms with Gasteiger partial charge in [0.15, 0.2) is 0 Å². The van der Waals surface area contributed by atoms with Crippen LogP contribution in [-0.2, 0) is 17.8 Å². The van der Waals surface area contributed by atoms with E-state index in [1.54, 1.807) is 36.5 Å². The molecule has 0 spiro atoms. The van der Waals surface area contributed by atoms with Crippen molar-refractivity contribution < 1.29 is 19.0 Å². The second-order valence-corrected chi connectivity index (χ2v) is 5.19. The van der Waals surface area contributed by atoms with Crippen molar-refractivity contribution in [2.75, 3.05) is 0 Å². The third-order valence-electron chi connectivity index (χ3n) is 3.36. The third-order valence-corrected chi connectivity index (χ3v) is 3.36. The Morgan fingerprint density at radius 3 is 2.78 bits per heavy atom. The van der Waals surface area contributed by atoms with Crippen molar-refractivity contribution in [2.45, 2.75) is 13.0 Å². The number of fused-ring (bicyclic) bond motifs is 1. The van der Waals surface area contributed by atoms with Gasteiger partial charge in [-0.2, -0.15) is 0 Å². The summed E-state index contributed by atoms with van der Waals surface area (Å²) in [5.74, 6) is -0.557. The second kappa shape index (κ2) is 6.44. The maximum Gasteiger partial charge on any atom is 0.307 e. The first-order valence-electron chi connectivity index (χ1n) is 7.08. The number of halogens is 1. The van der Waals surface area contributed by atoms with Crippen LogP contribution in [0.25, 0.3) is 10.9 Å². The Morgan fingerprint density at radius 1 is 1.13 bits per heavy atom. The van der Waals surface area contributed by atoms with Crippen molar-refractivity contribution in [1.29, 1.82) is 0 Å². The molecule has 3 rings (SSSR count). The first-order valence-corrected chi connectivity index (χ1v) is 7.08. The molecule has 3 aromatic rings. The molecule has 0 saturated heterocycles. The molecule has 0 unspecified atom stereocenters. The Kier molecular flexibility index (Phi) is 4.19. The molecular formula is C18H14FNO3. The molecule has 5 heteroatoms. The Bertz CT molecular complexity index is 864. The number of nitrogens with zero attached hydrogens (tertiary/aromatic N) is 1. The summed E-state index contributed by atoms with van der Waals surface area (Å²) in [4.78, 5) is 15.0. The van der Waals surface area contributed by atoms with Gasteiger partial charge >= 0.3 is 5.97 Å².